The molecule has 2 aromatic rings. The van der Waals surface area contributed by atoms with Gasteiger partial charge in [0.15, 0.2) is 0 Å². The van der Waals surface area contributed by atoms with Crippen molar-refractivity contribution >= 4 is 46.6 Å². The van der Waals surface area contributed by atoms with Gasteiger partial charge in [0, 0.05) is 17.3 Å². The van der Waals surface area contributed by atoms with Gasteiger partial charge in [-0.25, -0.2) is 9.18 Å². The van der Waals surface area contributed by atoms with Gasteiger partial charge in [0.05, 0.1) is 5.02 Å². The highest BCUT2D eigenvalue weighted by Crippen LogP contribution is 2.24. The fourth-order valence-electron chi connectivity index (χ4n) is 1.54. The van der Waals surface area contributed by atoms with Gasteiger partial charge >= 0.3 is 5.97 Å². The van der Waals surface area contributed by atoms with E-state index in [0.29, 0.717) is 9.90 Å². The fourth-order valence-corrected chi connectivity index (χ4v) is 2.58. The first-order valence-corrected chi connectivity index (χ1v) is 6.98. The highest BCUT2D eigenvalue weighted by molar-refractivity contribution is 7.12. The predicted molar refractivity (Wildman–Crippen MR) is 80.4 cm³/mol. The van der Waals surface area contributed by atoms with Crippen LogP contribution in [0.2, 0.25) is 5.02 Å². The van der Waals surface area contributed by atoms with Crippen molar-refractivity contribution < 1.29 is 19.1 Å². The van der Waals surface area contributed by atoms with E-state index in [1.54, 1.807) is 11.4 Å². The standard InChI is InChI=1S/C14H9ClFNO3S/c15-10-5-6-21-13(10)14(20)17-9-3-1-8(11(16)7-9)2-4-12(18)19/h1-7H,(H,17,20)(H,18,19)/b4-2+. The molecule has 0 saturated carbocycles. The number of anilines is 1. The Morgan fingerprint density at radius 1 is 1.33 bits per heavy atom. The molecule has 0 aliphatic heterocycles. The first-order valence-electron chi connectivity index (χ1n) is 5.72. The molecule has 0 bridgehead atoms. The van der Waals surface area contributed by atoms with E-state index in [-0.39, 0.29) is 11.3 Å². The van der Waals surface area contributed by atoms with E-state index in [1.807, 2.05) is 0 Å². The van der Waals surface area contributed by atoms with Crippen molar-refractivity contribution in [1.82, 2.24) is 0 Å². The number of hydrogen-bond acceptors (Lipinski definition) is 3. The second-order valence-corrected chi connectivity index (χ2v) is 5.28. The molecule has 108 valence electrons. The summed E-state index contributed by atoms with van der Waals surface area (Å²) < 4.78 is 13.8. The minimum atomic E-state index is -1.17. The molecule has 1 heterocycles. The van der Waals surface area contributed by atoms with Crippen LogP contribution in [-0.2, 0) is 4.79 Å². The summed E-state index contributed by atoms with van der Waals surface area (Å²) in [7, 11) is 0. The van der Waals surface area contributed by atoms with Crippen LogP contribution in [0.1, 0.15) is 15.2 Å². The zero-order valence-electron chi connectivity index (χ0n) is 10.5. The Morgan fingerprint density at radius 2 is 2.10 bits per heavy atom. The third-order valence-corrected chi connectivity index (χ3v) is 3.83. The molecule has 0 aliphatic rings. The number of rotatable bonds is 4. The summed E-state index contributed by atoms with van der Waals surface area (Å²) in [4.78, 5) is 22.6. The molecule has 0 spiro atoms. The Hall–Kier alpha value is -2.18. The van der Waals surface area contributed by atoms with E-state index in [4.69, 9.17) is 16.7 Å². The third kappa shape index (κ3) is 3.90. The van der Waals surface area contributed by atoms with Gasteiger partial charge in [0.1, 0.15) is 10.7 Å². The molecule has 0 aliphatic carbocycles. The largest absolute Gasteiger partial charge is 0.478 e. The summed E-state index contributed by atoms with van der Waals surface area (Å²) in [6, 6.07) is 5.56. The van der Waals surface area contributed by atoms with Crippen LogP contribution >= 0.6 is 22.9 Å². The lowest BCUT2D eigenvalue weighted by Gasteiger charge is -2.05. The summed E-state index contributed by atoms with van der Waals surface area (Å²) in [6.07, 6.45) is 1.97. The van der Waals surface area contributed by atoms with Gasteiger partial charge in [-0.3, -0.25) is 4.79 Å². The van der Waals surface area contributed by atoms with Crippen molar-refractivity contribution in [3.8, 4) is 0 Å². The fraction of sp³-hybridized carbons (Fsp3) is 0. The maximum atomic E-state index is 13.8. The zero-order chi connectivity index (χ0) is 15.4. The van der Waals surface area contributed by atoms with Crippen LogP contribution in [-0.4, -0.2) is 17.0 Å². The van der Waals surface area contributed by atoms with Gasteiger partial charge in [-0.15, -0.1) is 11.3 Å². The van der Waals surface area contributed by atoms with Crippen molar-refractivity contribution in [1.29, 1.82) is 0 Å². The smallest absolute Gasteiger partial charge is 0.328 e. The van der Waals surface area contributed by atoms with Gasteiger partial charge in [0.25, 0.3) is 5.91 Å². The van der Waals surface area contributed by atoms with E-state index in [2.05, 4.69) is 5.32 Å². The zero-order valence-corrected chi connectivity index (χ0v) is 12.0. The van der Waals surface area contributed by atoms with Gasteiger partial charge in [-0.1, -0.05) is 11.6 Å². The molecule has 1 amide bonds. The summed E-state index contributed by atoms with van der Waals surface area (Å²) in [5.74, 6) is -2.23. The van der Waals surface area contributed by atoms with Gasteiger partial charge in [-0.05, 0) is 35.7 Å². The van der Waals surface area contributed by atoms with Gasteiger partial charge in [-0.2, -0.15) is 0 Å². The highest BCUT2D eigenvalue weighted by Gasteiger charge is 2.12. The Morgan fingerprint density at radius 3 is 2.67 bits per heavy atom. The number of carbonyl (C=O) groups excluding carboxylic acids is 1. The molecule has 0 unspecified atom stereocenters. The van der Waals surface area contributed by atoms with Crippen molar-refractivity contribution in [2.45, 2.75) is 0 Å². The number of halogens is 2. The molecule has 0 fully saturated rings. The topological polar surface area (TPSA) is 66.4 Å². The van der Waals surface area contributed by atoms with Gasteiger partial charge < -0.3 is 10.4 Å². The monoisotopic (exact) mass is 325 g/mol. The highest BCUT2D eigenvalue weighted by atomic mass is 35.5. The van der Waals surface area contributed by atoms with E-state index in [9.17, 15) is 14.0 Å². The summed E-state index contributed by atoms with van der Waals surface area (Å²) in [6.45, 7) is 0. The van der Waals surface area contributed by atoms with Gasteiger partial charge in [0.2, 0.25) is 0 Å². The van der Waals surface area contributed by atoms with E-state index >= 15 is 0 Å². The average Bonchev–Trinajstić information content (AvgIpc) is 2.84. The Balaban J connectivity index is 2.15. The maximum Gasteiger partial charge on any atom is 0.328 e. The average molecular weight is 326 g/mol. The van der Waals surface area contributed by atoms with Crippen molar-refractivity contribution in [2.75, 3.05) is 5.32 Å². The SMILES string of the molecule is O=C(O)/C=C/c1ccc(NC(=O)c2sccc2Cl)cc1F. The lowest BCUT2D eigenvalue weighted by atomic mass is 10.1. The number of thiophene rings is 1. The number of carboxylic acids is 1. The molecule has 4 nitrogen and oxygen atoms in total. The van der Waals surface area contributed by atoms with Crippen molar-refractivity contribution in [3.63, 3.8) is 0 Å². The summed E-state index contributed by atoms with van der Waals surface area (Å²) in [5.41, 5.74) is 0.374. The van der Waals surface area contributed by atoms with Crippen LogP contribution in [0.25, 0.3) is 6.08 Å². The number of nitrogens with one attached hydrogen (secondary N) is 1. The Kier molecular flexibility index (Phi) is 4.72. The summed E-state index contributed by atoms with van der Waals surface area (Å²) >= 11 is 7.02. The molecule has 21 heavy (non-hydrogen) atoms. The predicted octanol–water partition coefficient (Wildman–Crippen LogP) is 3.89. The van der Waals surface area contributed by atoms with Crippen LogP contribution in [0.3, 0.4) is 0 Å². The van der Waals surface area contributed by atoms with Crippen LogP contribution in [0.4, 0.5) is 10.1 Å². The molecular formula is C14H9ClFNO3S. The van der Waals surface area contributed by atoms with Crippen LogP contribution in [0, 0.1) is 5.82 Å². The first-order chi connectivity index (χ1) is 9.97. The van der Waals surface area contributed by atoms with Crippen molar-refractivity contribution in [3.05, 3.63) is 57.0 Å². The molecule has 2 N–H and O–H groups in total. The minimum Gasteiger partial charge on any atom is -0.478 e. The molecule has 2 rings (SSSR count). The van der Waals surface area contributed by atoms with Crippen LogP contribution < -0.4 is 5.32 Å². The van der Waals surface area contributed by atoms with E-state index in [1.165, 1.54) is 23.5 Å². The molecule has 0 atom stereocenters. The second kappa shape index (κ2) is 6.51. The Bertz CT molecular complexity index is 727. The van der Waals surface area contributed by atoms with Crippen LogP contribution in [0.15, 0.2) is 35.7 Å². The molecule has 0 radical (unpaired) electrons. The number of amides is 1. The molecule has 1 aromatic heterocycles. The molecule has 7 heteroatoms. The Labute approximate surface area is 128 Å². The number of hydrogen-bond donors (Lipinski definition) is 2. The second-order valence-electron chi connectivity index (χ2n) is 3.96. The van der Waals surface area contributed by atoms with Crippen molar-refractivity contribution in [2.24, 2.45) is 0 Å². The molecular weight excluding hydrogens is 317 g/mol. The van der Waals surface area contributed by atoms with E-state index in [0.717, 1.165) is 18.2 Å². The quantitative estimate of drug-likeness (QED) is 0.838. The van der Waals surface area contributed by atoms with E-state index < -0.39 is 17.7 Å². The third-order valence-electron chi connectivity index (χ3n) is 2.49. The number of benzene rings is 1. The molecule has 0 saturated heterocycles. The van der Waals surface area contributed by atoms with Crippen LogP contribution in [0.5, 0.6) is 0 Å². The number of aliphatic carboxylic acids is 1. The first kappa shape index (κ1) is 15.2. The summed E-state index contributed by atoms with van der Waals surface area (Å²) in [5, 5.41) is 13.0. The number of carbonyl (C=O) groups is 2. The maximum absolute atomic E-state index is 13.8. The minimum absolute atomic E-state index is 0.115. The normalized spacial score (nSPS) is 10.8. The lowest BCUT2D eigenvalue weighted by molar-refractivity contribution is -0.131. The number of carboxylic acid groups (broad SMARTS) is 1. The lowest BCUT2D eigenvalue weighted by Crippen LogP contribution is -2.10. The molecule has 1 aromatic carbocycles.